The topological polar surface area (TPSA) is 9.23 Å². The van der Waals surface area contributed by atoms with Crippen LogP contribution >= 0.6 is 0 Å². The van der Waals surface area contributed by atoms with Crippen LogP contribution in [0.3, 0.4) is 0 Å². The van der Waals surface area contributed by atoms with Gasteiger partial charge in [0.1, 0.15) is 0 Å². The molecule has 0 saturated heterocycles. The van der Waals surface area contributed by atoms with Gasteiger partial charge in [-0.3, -0.25) is 0 Å². The Hall–Kier alpha value is -1.69. The summed E-state index contributed by atoms with van der Waals surface area (Å²) in [6.07, 6.45) is 0. The van der Waals surface area contributed by atoms with Crippen molar-refractivity contribution in [1.29, 1.82) is 0 Å². The lowest BCUT2D eigenvalue weighted by molar-refractivity contribution is 0.629. The van der Waals surface area contributed by atoms with Gasteiger partial charge in [0, 0.05) is 0 Å². The number of hydrogen-bond donors (Lipinski definition) is 0. The molecule has 19 heavy (non-hydrogen) atoms. The SMILES string of the molecule is C=C[Si](C=C)(O[SiH2]c1ccccc1)c1ccccc1. The normalized spacial score (nSPS) is 11.6. The Morgan fingerprint density at radius 1 is 0.842 bits per heavy atom. The second kappa shape index (κ2) is 6.47. The fourth-order valence-corrected chi connectivity index (χ4v) is 7.04. The van der Waals surface area contributed by atoms with Crippen LogP contribution in [0.5, 0.6) is 0 Å². The van der Waals surface area contributed by atoms with Crippen LogP contribution in [0.2, 0.25) is 0 Å². The summed E-state index contributed by atoms with van der Waals surface area (Å²) in [6, 6.07) is 20.7. The van der Waals surface area contributed by atoms with Gasteiger partial charge >= 0.3 is 0 Å². The molecular weight excluding hydrogens is 264 g/mol. The molecule has 0 spiro atoms. The van der Waals surface area contributed by atoms with Gasteiger partial charge < -0.3 is 4.12 Å². The van der Waals surface area contributed by atoms with Gasteiger partial charge in [-0.05, 0) is 10.4 Å². The zero-order valence-electron chi connectivity index (χ0n) is 11.0. The first-order chi connectivity index (χ1) is 9.30. The first kappa shape index (κ1) is 13.7. The minimum atomic E-state index is -2.21. The van der Waals surface area contributed by atoms with Crippen molar-refractivity contribution in [3.05, 3.63) is 85.2 Å². The molecule has 2 aromatic carbocycles. The van der Waals surface area contributed by atoms with Crippen LogP contribution in [0.15, 0.2) is 85.2 Å². The lowest BCUT2D eigenvalue weighted by Gasteiger charge is -2.25. The smallest absolute Gasteiger partial charge is 0.262 e. The lowest BCUT2D eigenvalue weighted by Crippen LogP contribution is -2.50. The summed E-state index contributed by atoms with van der Waals surface area (Å²) in [6.45, 7) is 7.96. The molecular formula is C16H18OSi2. The third kappa shape index (κ3) is 3.20. The molecule has 2 rings (SSSR count). The zero-order chi connectivity index (χ0) is 13.6. The largest absolute Gasteiger partial charge is 0.448 e. The number of rotatable bonds is 6. The van der Waals surface area contributed by atoms with E-state index in [4.69, 9.17) is 4.12 Å². The maximum absolute atomic E-state index is 6.34. The van der Waals surface area contributed by atoms with E-state index in [-0.39, 0.29) is 0 Å². The summed E-state index contributed by atoms with van der Waals surface area (Å²) < 4.78 is 6.34. The Morgan fingerprint density at radius 3 is 1.89 bits per heavy atom. The molecule has 0 bridgehead atoms. The Labute approximate surface area is 118 Å². The lowest BCUT2D eigenvalue weighted by atomic mass is 10.4. The first-order valence-electron chi connectivity index (χ1n) is 6.31. The predicted octanol–water partition coefficient (Wildman–Crippen LogP) is 1.72. The molecule has 3 heteroatoms. The van der Waals surface area contributed by atoms with Crippen LogP contribution in [0.4, 0.5) is 0 Å². The van der Waals surface area contributed by atoms with Crippen molar-refractivity contribution in [2.75, 3.05) is 0 Å². The van der Waals surface area contributed by atoms with Crippen LogP contribution in [-0.2, 0) is 4.12 Å². The molecule has 0 unspecified atom stereocenters. The van der Waals surface area contributed by atoms with Crippen LogP contribution in [0, 0.1) is 0 Å². The highest BCUT2D eigenvalue weighted by atomic mass is 28.4. The highest BCUT2D eigenvalue weighted by Gasteiger charge is 2.29. The Morgan fingerprint density at radius 2 is 1.37 bits per heavy atom. The van der Waals surface area contributed by atoms with Gasteiger partial charge in [-0.25, -0.2) is 0 Å². The Bertz CT molecular complexity index is 529. The van der Waals surface area contributed by atoms with E-state index >= 15 is 0 Å². The average molecular weight is 282 g/mol. The molecule has 0 saturated carbocycles. The average Bonchev–Trinajstić information content (AvgIpc) is 2.51. The summed E-state index contributed by atoms with van der Waals surface area (Å²) in [4.78, 5) is 0. The summed E-state index contributed by atoms with van der Waals surface area (Å²) in [5.74, 6) is 0. The van der Waals surface area contributed by atoms with Gasteiger partial charge in [0.25, 0.3) is 8.32 Å². The summed E-state index contributed by atoms with van der Waals surface area (Å²) in [5.41, 5.74) is 3.93. The van der Waals surface area contributed by atoms with E-state index in [2.05, 4.69) is 49.6 Å². The Balaban J connectivity index is 2.21. The molecule has 0 atom stereocenters. The van der Waals surface area contributed by atoms with Crippen molar-refractivity contribution >= 4 is 28.5 Å². The summed E-state index contributed by atoms with van der Waals surface area (Å²) in [5, 5.41) is 2.52. The van der Waals surface area contributed by atoms with Gasteiger partial charge in [-0.2, -0.15) is 0 Å². The van der Waals surface area contributed by atoms with E-state index < -0.39 is 18.1 Å². The molecule has 0 fully saturated rings. The third-order valence-electron chi connectivity index (χ3n) is 3.15. The molecule has 0 aromatic heterocycles. The van der Waals surface area contributed by atoms with Gasteiger partial charge in [0.2, 0.25) is 0 Å². The van der Waals surface area contributed by atoms with Gasteiger partial charge in [-0.15, -0.1) is 13.2 Å². The second-order valence-electron chi connectivity index (χ2n) is 4.34. The van der Waals surface area contributed by atoms with Gasteiger partial charge in [0.15, 0.2) is 9.76 Å². The first-order valence-corrected chi connectivity index (χ1v) is 9.66. The maximum Gasteiger partial charge on any atom is 0.262 e. The highest BCUT2D eigenvalue weighted by molar-refractivity contribution is 6.97. The third-order valence-corrected chi connectivity index (χ3v) is 8.89. The summed E-state index contributed by atoms with van der Waals surface area (Å²) in [7, 11) is -2.97. The number of benzene rings is 2. The highest BCUT2D eigenvalue weighted by Crippen LogP contribution is 2.08. The van der Waals surface area contributed by atoms with Crippen molar-refractivity contribution in [3.8, 4) is 0 Å². The van der Waals surface area contributed by atoms with E-state index in [1.807, 2.05) is 35.7 Å². The quantitative estimate of drug-likeness (QED) is 0.733. The van der Waals surface area contributed by atoms with Crippen molar-refractivity contribution in [2.45, 2.75) is 0 Å². The van der Waals surface area contributed by atoms with E-state index in [1.54, 1.807) is 0 Å². The number of hydrogen-bond acceptors (Lipinski definition) is 1. The van der Waals surface area contributed by atoms with E-state index in [0.29, 0.717) is 0 Å². The standard InChI is InChI=1S/C16H18OSi2/c1-3-19(4-2,16-13-9-6-10-14-16)17-18-15-11-7-5-8-12-15/h3-14H,1-2,18H2. The minimum Gasteiger partial charge on any atom is -0.448 e. The van der Waals surface area contributed by atoms with Crippen molar-refractivity contribution in [2.24, 2.45) is 0 Å². The molecule has 96 valence electrons. The molecule has 0 aliphatic rings. The van der Waals surface area contributed by atoms with Crippen LogP contribution in [-0.4, -0.2) is 18.1 Å². The van der Waals surface area contributed by atoms with E-state index in [0.717, 1.165) is 0 Å². The van der Waals surface area contributed by atoms with Crippen molar-refractivity contribution in [3.63, 3.8) is 0 Å². The summed E-state index contributed by atoms with van der Waals surface area (Å²) >= 11 is 0. The monoisotopic (exact) mass is 282 g/mol. The maximum atomic E-state index is 6.34. The van der Waals surface area contributed by atoms with Crippen LogP contribution in [0.1, 0.15) is 0 Å². The molecule has 0 heterocycles. The molecule has 0 radical (unpaired) electrons. The minimum absolute atomic E-state index is 0.762. The second-order valence-corrected chi connectivity index (χ2v) is 9.58. The zero-order valence-corrected chi connectivity index (χ0v) is 13.4. The van der Waals surface area contributed by atoms with Gasteiger partial charge in [-0.1, -0.05) is 72.1 Å². The van der Waals surface area contributed by atoms with E-state index in [9.17, 15) is 0 Å². The molecule has 0 aliphatic carbocycles. The van der Waals surface area contributed by atoms with Crippen molar-refractivity contribution < 1.29 is 4.12 Å². The molecule has 0 N–H and O–H groups in total. The molecule has 2 aromatic rings. The van der Waals surface area contributed by atoms with Gasteiger partial charge in [0.05, 0.1) is 0 Å². The molecule has 0 aliphatic heterocycles. The van der Waals surface area contributed by atoms with Crippen LogP contribution < -0.4 is 10.4 Å². The molecule has 0 amide bonds. The predicted molar refractivity (Wildman–Crippen MR) is 87.9 cm³/mol. The fourth-order valence-electron chi connectivity index (χ4n) is 2.00. The molecule has 1 nitrogen and oxygen atoms in total. The van der Waals surface area contributed by atoms with E-state index in [1.165, 1.54) is 10.4 Å². The van der Waals surface area contributed by atoms with Crippen molar-refractivity contribution in [1.82, 2.24) is 0 Å². The fraction of sp³-hybridized carbons (Fsp3) is 0. The van der Waals surface area contributed by atoms with Crippen LogP contribution in [0.25, 0.3) is 0 Å². The Kier molecular flexibility index (Phi) is 4.68.